The molecule has 1 unspecified atom stereocenters. The minimum absolute atomic E-state index is 0.0210. The van der Waals surface area contributed by atoms with E-state index in [2.05, 4.69) is 4.98 Å². The summed E-state index contributed by atoms with van der Waals surface area (Å²) in [7, 11) is 1.58. The van der Waals surface area contributed by atoms with E-state index in [9.17, 15) is 4.79 Å². The SMILES string of the molecule is COc1ccc(N2CC(Cl)CC2=O)nc1. The normalized spacial score (nSPS) is 20.8. The number of alkyl halides is 1. The van der Waals surface area contributed by atoms with E-state index < -0.39 is 0 Å². The van der Waals surface area contributed by atoms with E-state index in [0.29, 0.717) is 24.5 Å². The Hall–Kier alpha value is -1.29. The molecule has 4 nitrogen and oxygen atoms in total. The number of halogens is 1. The lowest BCUT2D eigenvalue weighted by Crippen LogP contribution is -2.25. The van der Waals surface area contributed by atoms with Crippen LogP contribution >= 0.6 is 11.6 Å². The zero-order valence-electron chi connectivity index (χ0n) is 8.31. The quantitative estimate of drug-likeness (QED) is 0.717. The van der Waals surface area contributed by atoms with E-state index >= 15 is 0 Å². The lowest BCUT2D eigenvalue weighted by atomic mass is 10.4. The predicted octanol–water partition coefficient (Wildman–Crippen LogP) is 1.43. The molecule has 2 rings (SSSR count). The third-order valence-electron chi connectivity index (χ3n) is 2.31. The van der Waals surface area contributed by atoms with Crippen molar-refractivity contribution >= 4 is 23.3 Å². The summed E-state index contributed by atoms with van der Waals surface area (Å²) in [5.74, 6) is 1.32. The highest BCUT2D eigenvalue weighted by atomic mass is 35.5. The Bertz CT molecular complexity index is 366. The van der Waals surface area contributed by atoms with E-state index in [1.54, 1.807) is 30.3 Å². The topological polar surface area (TPSA) is 42.4 Å². The van der Waals surface area contributed by atoms with Gasteiger partial charge < -0.3 is 4.74 Å². The summed E-state index contributed by atoms with van der Waals surface area (Å²) in [6.45, 7) is 0.527. The molecule has 2 heterocycles. The lowest BCUT2D eigenvalue weighted by Gasteiger charge is -2.14. The molecule has 0 bridgehead atoms. The Labute approximate surface area is 92.8 Å². The standard InChI is InChI=1S/C10H11ClN2O2/c1-15-8-2-3-9(12-5-8)13-6-7(11)4-10(13)14/h2-3,5,7H,4,6H2,1H3. The third-order valence-corrected chi connectivity index (χ3v) is 2.60. The molecule has 5 heteroatoms. The molecule has 0 aromatic carbocycles. The number of nitrogens with zero attached hydrogens (tertiary/aromatic N) is 2. The number of ether oxygens (including phenoxy) is 1. The zero-order chi connectivity index (χ0) is 10.8. The number of pyridine rings is 1. The number of hydrogen-bond donors (Lipinski definition) is 0. The molecule has 1 atom stereocenters. The van der Waals surface area contributed by atoms with Crippen molar-refractivity contribution < 1.29 is 9.53 Å². The third kappa shape index (κ3) is 2.04. The highest BCUT2D eigenvalue weighted by Crippen LogP contribution is 2.23. The fraction of sp³-hybridized carbons (Fsp3) is 0.400. The van der Waals surface area contributed by atoms with Crippen molar-refractivity contribution in [2.45, 2.75) is 11.8 Å². The van der Waals surface area contributed by atoms with E-state index in [1.807, 2.05) is 0 Å². The Balaban J connectivity index is 2.19. The van der Waals surface area contributed by atoms with Gasteiger partial charge in [0.05, 0.1) is 18.7 Å². The van der Waals surface area contributed by atoms with Gasteiger partial charge in [-0.25, -0.2) is 4.98 Å². The van der Waals surface area contributed by atoms with Crippen LogP contribution in [0.1, 0.15) is 6.42 Å². The average molecular weight is 227 g/mol. The largest absolute Gasteiger partial charge is 0.495 e. The molecule has 15 heavy (non-hydrogen) atoms. The van der Waals surface area contributed by atoms with E-state index in [4.69, 9.17) is 16.3 Å². The Morgan fingerprint density at radius 1 is 1.60 bits per heavy atom. The maximum absolute atomic E-state index is 11.5. The van der Waals surface area contributed by atoms with Crippen LogP contribution in [0.15, 0.2) is 18.3 Å². The van der Waals surface area contributed by atoms with Crippen LogP contribution in [0.4, 0.5) is 5.82 Å². The molecule has 1 saturated heterocycles. The molecule has 1 fully saturated rings. The Morgan fingerprint density at radius 2 is 2.40 bits per heavy atom. The second kappa shape index (κ2) is 4.06. The molecule has 0 N–H and O–H groups in total. The molecule has 0 radical (unpaired) electrons. The van der Waals surface area contributed by atoms with Crippen molar-refractivity contribution in [3.05, 3.63) is 18.3 Å². The highest BCUT2D eigenvalue weighted by molar-refractivity contribution is 6.24. The van der Waals surface area contributed by atoms with Gasteiger partial charge in [0.2, 0.25) is 5.91 Å². The minimum atomic E-state index is -0.110. The summed E-state index contributed by atoms with van der Waals surface area (Å²) in [6, 6.07) is 3.53. The number of hydrogen-bond acceptors (Lipinski definition) is 3. The smallest absolute Gasteiger partial charge is 0.229 e. The fourth-order valence-corrected chi connectivity index (χ4v) is 1.81. The van der Waals surface area contributed by atoms with Crippen LogP contribution in [0.3, 0.4) is 0 Å². The van der Waals surface area contributed by atoms with Crippen LogP contribution in [-0.4, -0.2) is 29.9 Å². The minimum Gasteiger partial charge on any atom is -0.495 e. The molecule has 0 saturated carbocycles. The predicted molar refractivity (Wildman–Crippen MR) is 57.4 cm³/mol. The van der Waals surface area contributed by atoms with Crippen LogP contribution < -0.4 is 9.64 Å². The van der Waals surface area contributed by atoms with Crippen LogP contribution in [0.25, 0.3) is 0 Å². The van der Waals surface area contributed by atoms with Crippen LogP contribution in [0.5, 0.6) is 5.75 Å². The number of methoxy groups -OCH3 is 1. The first-order chi connectivity index (χ1) is 7.20. The first-order valence-corrected chi connectivity index (χ1v) is 5.09. The molecule has 80 valence electrons. The summed E-state index contributed by atoms with van der Waals surface area (Å²) < 4.78 is 4.99. The highest BCUT2D eigenvalue weighted by Gasteiger charge is 2.29. The van der Waals surface area contributed by atoms with E-state index in [0.717, 1.165) is 0 Å². The van der Waals surface area contributed by atoms with Crippen LogP contribution in [-0.2, 0) is 4.79 Å². The molecule has 0 spiro atoms. The van der Waals surface area contributed by atoms with Crippen LogP contribution in [0, 0.1) is 0 Å². The van der Waals surface area contributed by atoms with E-state index in [1.165, 1.54) is 0 Å². The van der Waals surface area contributed by atoms with Crippen molar-refractivity contribution in [1.82, 2.24) is 4.98 Å². The molecule has 1 aromatic heterocycles. The second-order valence-electron chi connectivity index (χ2n) is 3.36. The van der Waals surface area contributed by atoms with Gasteiger partial charge in [0.15, 0.2) is 0 Å². The number of anilines is 1. The Kier molecular flexibility index (Phi) is 2.77. The lowest BCUT2D eigenvalue weighted by molar-refractivity contribution is -0.117. The molecular formula is C10H11ClN2O2. The number of rotatable bonds is 2. The van der Waals surface area contributed by atoms with Gasteiger partial charge in [0.1, 0.15) is 11.6 Å². The summed E-state index contributed by atoms with van der Waals surface area (Å²) in [6.07, 6.45) is 1.97. The first-order valence-electron chi connectivity index (χ1n) is 4.65. The number of aromatic nitrogens is 1. The maximum Gasteiger partial charge on any atom is 0.229 e. The first kappa shape index (κ1) is 10.2. The van der Waals surface area contributed by atoms with Crippen LogP contribution in [0.2, 0.25) is 0 Å². The van der Waals surface area contributed by atoms with Crippen molar-refractivity contribution in [3.63, 3.8) is 0 Å². The van der Waals surface area contributed by atoms with Crippen molar-refractivity contribution in [3.8, 4) is 5.75 Å². The van der Waals surface area contributed by atoms with Gasteiger partial charge in [-0.1, -0.05) is 0 Å². The van der Waals surface area contributed by atoms with Gasteiger partial charge in [0, 0.05) is 13.0 Å². The molecule has 1 aliphatic heterocycles. The summed E-state index contributed by atoms with van der Waals surface area (Å²) in [5, 5.41) is -0.110. The van der Waals surface area contributed by atoms with E-state index in [-0.39, 0.29) is 11.3 Å². The molecule has 1 amide bonds. The van der Waals surface area contributed by atoms with Gasteiger partial charge in [-0.05, 0) is 12.1 Å². The second-order valence-corrected chi connectivity index (χ2v) is 3.98. The van der Waals surface area contributed by atoms with Gasteiger partial charge >= 0.3 is 0 Å². The molecule has 1 aromatic rings. The summed E-state index contributed by atoms with van der Waals surface area (Å²) in [4.78, 5) is 17.2. The van der Waals surface area contributed by atoms with Crippen molar-refractivity contribution in [1.29, 1.82) is 0 Å². The number of carbonyl (C=O) groups is 1. The molecule has 1 aliphatic rings. The average Bonchev–Trinajstić information content (AvgIpc) is 2.58. The fourth-order valence-electron chi connectivity index (χ4n) is 1.54. The van der Waals surface area contributed by atoms with Gasteiger partial charge in [-0.2, -0.15) is 0 Å². The zero-order valence-corrected chi connectivity index (χ0v) is 9.07. The summed E-state index contributed by atoms with van der Waals surface area (Å²) >= 11 is 5.90. The molecular weight excluding hydrogens is 216 g/mol. The van der Waals surface area contributed by atoms with Gasteiger partial charge in [0.25, 0.3) is 0 Å². The van der Waals surface area contributed by atoms with Crippen molar-refractivity contribution in [2.24, 2.45) is 0 Å². The van der Waals surface area contributed by atoms with Gasteiger partial charge in [-0.3, -0.25) is 9.69 Å². The Morgan fingerprint density at radius 3 is 2.87 bits per heavy atom. The monoisotopic (exact) mass is 226 g/mol. The van der Waals surface area contributed by atoms with Gasteiger partial charge in [-0.15, -0.1) is 11.6 Å². The summed E-state index contributed by atoms with van der Waals surface area (Å²) in [5.41, 5.74) is 0. The maximum atomic E-state index is 11.5. The number of carbonyl (C=O) groups excluding carboxylic acids is 1. The number of amides is 1. The van der Waals surface area contributed by atoms with Crippen molar-refractivity contribution in [2.75, 3.05) is 18.6 Å². The molecule has 0 aliphatic carbocycles.